The highest BCUT2D eigenvalue weighted by molar-refractivity contribution is 6.29. The molecular weight excluding hydrogens is 169 g/mol. The third-order valence-corrected chi connectivity index (χ3v) is 2.11. The lowest BCUT2D eigenvalue weighted by Crippen LogP contribution is -2.32. The number of amides is 1. The van der Waals surface area contributed by atoms with Gasteiger partial charge in [-0.2, -0.15) is 0 Å². The third-order valence-electron chi connectivity index (χ3n) is 1.92. The van der Waals surface area contributed by atoms with Gasteiger partial charge in [0, 0.05) is 13.1 Å². The van der Waals surface area contributed by atoms with Crippen molar-refractivity contribution >= 4 is 17.5 Å². The minimum atomic E-state index is -1.86. The lowest BCUT2D eigenvalue weighted by Gasteiger charge is -2.14. The number of alkyl halides is 2. The zero-order chi connectivity index (χ0) is 8.43. The summed E-state index contributed by atoms with van der Waals surface area (Å²) in [5.41, 5.74) is -1.86. The summed E-state index contributed by atoms with van der Waals surface area (Å²) in [6.45, 7) is 3.33. The van der Waals surface area contributed by atoms with Gasteiger partial charge < -0.3 is 4.90 Å². The van der Waals surface area contributed by atoms with Gasteiger partial charge >= 0.3 is 0 Å². The van der Waals surface area contributed by atoms with E-state index < -0.39 is 11.5 Å². The van der Waals surface area contributed by atoms with Gasteiger partial charge in [0.25, 0.3) is 11.5 Å². The fourth-order valence-electron chi connectivity index (χ4n) is 1.27. The van der Waals surface area contributed by atoms with Gasteiger partial charge in [0.1, 0.15) is 0 Å². The number of carbonyl (C=O) groups excluding carboxylic acids is 1. The minimum absolute atomic E-state index is 0.481. The Morgan fingerprint density at radius 1 is 1.82 bits per heavy atom. The van der Waals surface area contributed by atoms with Crippen molar-refractivity contribution in [2.75, 3.05) is 13.1 Å². The summed E-state index contributed by atoms with van der Waals surface area (Å²) in [6.07, 6.45) is 0.954. The largest absolute Gasteiger partial charge is 0.339 e. The van der Waals surface area contributed by atoms with E-state index in [0.29, 0.717) is 19.0 Å². The highest BCUT2D eigenvalue weighted by Gasteiger charge is 2.27. The molecule has 0 saturated carbocycles. The van der Waals surface area contributed by atoms with Gasteiger partial charge in [-0.05, 0) is 12.3 Å². The Labute approximate surface area is 70.3 Å². The normalized spacial score (nSPS) is 27.2. The maximum Gasteiger partial charge on any atom is 0.272 e. The fraction of sp³-hybridized carbons (Fsp3) is 0.857. The van der Waals surface area contributed by atoms with E-state index in [1.165, 1.54) is 4.90 Å². The Bertz CT molecular complexity index is 163. The first kappa shape index (κ1) is 8.78. The number of halogens is 2. The van der Waals surface area contributed by atoms with Gasteiger partial charge in [-0.3, -0.25) is 4.79 Å². The molecule has 1 amide bonds. The topological polar surface area (TPSA) is 20.3 Å². The smallest absolute Gasteiger partial charge is 0.272 e. The Balaban J connectivity index is 2.43. The number of hydrogen-bond donors (Lipinski definition) is 0. The van der Waals surface area contributed by atoms with Gasteiger partial charge in [0.2, 0.25) is 0 Å². The van der Waals surface area contributed by atoms with Gasteiger partial charge in [-0.1, -0.05) is 18.5 Å². The molecular formula is C7H11ClFNO. The predicted molar refractivity (Wildman–Crippen MR) is 41.1 cm³/mol. The van der Waals surface area contributed by atoms with E-state index in [0.717, 1.165) is 6.42 Å². The van der Waals surface area contributed by atoms with Crippen LogP contribution in [-0.4, -0.2) is 29.5 Å². The van der Waals surface area contributed by atoms with Crippen molar-refractivity contribution < 1.29 is 9.18 Å². The molecule has 4 heteroatoms. The first-order valence-electron chi connectivity index (χ1n) is 3.68. The highest BCUT2D eigenvalue weighted by Crippen LogP contribution is 2.17. The molecule has 0 aromatic carbocycles. The molecule has 1 fully saturated rings. The van der Waals surface area contributed by atoms with Crippen molar-refractivity contribution in [3.63, 3.8) is 0 Å². The second-order valence-electron chi connectivity index (χ2n) is 2.98. The molecule has 0 aliphatic carbocycles. The Kier molecular flexibility index (Phi) is 2.71. The van der Waals surface area contributed by atoms with E-state index in [1.54, 1.807) is 0 Å². The lowest BCUT2D eigenvalue weighted by molar-refractivity contribution is -0.132. The molecule has 0 aromatic heterocycles. The lowest BCUT2D eigenvalue weighted by atomic mass is 10.2. The van der Waals surface area contributed by atoms with Crippen LogP contribution < -0.4 is 0 Å². The maximum absolute atomic E-state index is 12.2. The molecule has 0 radical (unpaired) electrons. The number of hydrogen-bond acceptors (Lipinski definition) is 1. The van der Waals surface area contributed by atoms with E-state index in [1.807, 2.05) is 6.92 Å². The van der Waals surface area contributed by atoms with Crippen LogP contribution in [0, 0.1) is 5.92 Å². The zero-order valence-electron chi connectivity index (χ0n) is 6.39. The van der Waals surface area contributed by atoms with Crippen LogP contribution in [0.1, 0.15) is 13.3 Å². The van der Waals surface area contributed by atoms with Gasteiger partial charge in [0.05, 0.1) is 0 Å². The van der Waals surface area contributed by atoms with Crippen LogP contribution in [0.4, 0.5) is 4.39 Å². The van der Waals surface area contributed by atoms with Crippen molar-refractivity contribution in [3.05, 3.63) is 0 Å². The molecule has 11 heavy (non-hydrogen) atoms. The minimum Gasteiger partial charge on any atom is -0.339 e. The molecule has 1 rings (SSSR count). The fourth-order valence-corrected chi connectivity index (χ4v) is 1.41. The first-order valence-corrected chi connectivity index (χ1v) is 4.12. The molecule has 0 N–H and O–H groups in total. The van der Waals surface area contributed by atoms with Crippen molar-refractivity contribution in [2.24, 2.45) is 5.92 Å². The van der Waals surface area contributed by atoms with Gasteiger partial charge in [0.15, 0.2) is 0 Å². The average molecular weight is 180 g/mol. The van der Waals surface area contributed by atoms with Crippen LogP contribution >= 0.6 is 11.6 Å². The van der Waals surface area contributed by atoms with Crippen LogP contribution in [0.2, 0.25) is 0 Å². The molecule has 2 atom stereocenters. The second kappa shape index (κ2) is 3.39. The van der Waals surface area contributed by atoms with E-state index in [2.05, 4.69) is 0 Å². The maximum atomic E-state index is 12.2. The standard InChI is InChI=1S/C7H11ClFNO/c1-5-2-3-10(4-5)7(11)6(8)9/h5-6H,2-4H2,1H3/t5-,6?/m1/s1. The Hall–Kier alpha value is -0.310. The third kappa shape index (κ3) is 2.06. The number of carbonyl (C=O) groups is 1. The van der Waals surface area contributed by atoms with Crippen molar-refractivity contribution in [2.45, 2.75) is 19.0 Å². The second-order valence-corrected chi connectivity index (χ2v) is 3.36. The predicted octanol–water partition coefficient (Wildman–Crippen LogP) is 1.39. The van der Waals surface area contributed by atoms with Crippen LogP contribution in [-0.2, 0) is 4.79 Å². The average Bonchev–Trinajstić information content (AvgIpc) is 2.34. The summed E-state index contributed by atoms with van der Waals surface area (Å²) < 4.78 is 12.2. The highest BCUT2D eigenvalue weighted by atomic mass is 35.5. The Morgan fingerprint density at radius 3 is 2.82 bits per heavy atom. The van der Waals surface area contributed by atoms with E-state index in [4.69, 9.17) is 11.6 Å². The first-order chi connectivity index (χ1) is 5.11. The van der Waals surface area contributed by atoms with Crippen molar-refractivity contribution in [1.82, 2.24) is 4.90 Å². The summed E-state index contributed by atoms with van der Waals surface area (Å²) in [6, 6.07) is 0. The summed E-state index contributed by atoms with van der Waals surface area (Å²) in [5, 5.41) is 0. The summed E-state index contributed by atoms with van der Waals surface area (Å²) >= 11 is 5.00. The number of rotatable bonds is 1. The molecule has 0 bridgehead atoms. The van der Waals surface area contributed by atoms with Crippen LogP contribution in [0.25, 0.3) is 0 Å². The summed E-state index contributed by atoms with van der Waals surface area (Å²) in [5.74, 6) is -0.106. The van der Waals surface area contributed by atoms with Crippen LogP contribution in [0.5, 0.6) is 0 Å². The molecule has 1 unspecified atom stereocenters. The molecule has 1 aliphatic heterocycles. The zero-order valence-corrected chi connectivity index (χ0v) is 7.14. The molecule has 2 nitrogen and oxygen atoms in total. The number of nitrogens with zero attached hydrogens (tertiary/aromatic N) is 1. The monoisotopic (exact) mass is 179 g/mol. The van der Waals surface area contributed by atoms with Crippen LogP contribution in [0.3, 0.4) is 0 Å². The van der Waals surface area contributed by atoms with Gasteiger partial charge in [-0.25, -0.2) is 4.39 Å². The van der Waals surface area contributed by atoms with E-state index in [9.17, 15) is 9.18 Å². The summed E-state index contributed by atoms with van der Waals surface area (Å²) in [4.78, 5) is 12.4. The molecule has 0 aromatic rings. The van der Waals surface area contributed by atoms with E-state index in [-0.39, 0.29) is 0 Å². The van der Waals surface area contributed by atoms with Gasteiger partial charge in [-0.15, -0.1) is 0 Å². The van der Waals surface area contributed by atoms with E-state index >= 15 is 0 Å². The molecule has 1 saturated heterocycles. The number of likely N-dealkylation sites (tertiary alicyclic amines) is 1. The van der Waals surface area contributed by atoms with Crippen molar-refractivity contribution in [3.8, 4) is 0 Å². The summed E-state index contributed by atoms with van der Waals surface area (Å²) in [7, 11) is 0. The Morgan fingerprint density at radius 2 is 2.45 bits per heavy atom. The van der Waals surface area contributed by atoms with Crippen molar-refractivity contribution in [1.29, 1.82) is 0 Å². The SMILES string of the molecule is C[C@@H]1CCN(C(=O)C(F)Cl)C1. The molecule has 64 valence electrons. The molecule has 0 spiro atoms. The molecule has 1 heterocycles. The van der Waals surface area contributed by atoms with Crippen LogP contribution in [0.15, 0.2) is 0 Å². The quantitative estimate of drug-likeness (QED) is 0.557. The molecule has 1 aliphatic rings.